The van der Waals surface area contributed by atoms with Gasteiger partial charge in [-0.2, -0.15) is 0 Å². The second-order valence-electron chi connectivity index (χ2n) is 6.50. The van der Waals surface area contributed by atoms with Crippen LogP contribution in [0.15, 0.2) is 0 Å². The van der Waals surface area contributed by atoms with E-state index in [4.69, 9.17) is 4.74 Å². The smallest absolute Gasteiger partial charge is 0.231 e. The number of carbonyl (C=O) groups excluding carboxylic acids is 1. The average molecular weight is 268 g/mol. The quantitative estimate of drug-likeness (QED) is 0.752. The molecule has 3 rings (SSSR count). The van der Waals surface area contributed by atoms with Gasteiger partial charge in [0.2, 0.25) is 5.91 Å². The molecule has 0 bridgehead atoms. The third-order valence-corrected chi connectivity index (χ3v) is 4.99. The first-order valence-electron chi connectivity index (χ1n) is 7.31. The van der Waals surface area contributed by atoms with Gasteiger partial charge in [0.15, 0.2) is 0 Å². The predicted octanol–water partition coefficient (Wildman–Crippen LogP) is -0.0141. The Balaban J connectivity index is 1.64. The molecule has 108 valence electrons. The van der Waals surface area contributed by atoms with Gasteiger partial charge in [0.25, 0.3) is 0 Å². The van der Waals surface area contributed by atoms with Crippen LogP contribution in [0.3, 0.4) is 0 Å². The highest BCUT2D eigenvalue weighted by atomic mass is 16.5. The first-order chi connectivity index (χ1) is 9.10. The Morgan fingerprint density at radius 3 is 2.53 bits per heavy atom. The molecule has 19 heavy (non-hydrogen) atoms. The zero-order valence-electron chi connectivity index (χ0n) is 11.7. The van der Waals surface area contributed by atoms with Gasteiger partial charge in [0.1, 0.15) is 5.60 Å². The molecule has 0 unspecified atom stereocenters. The normalized spacial score (nSPS) is 28.8. The van der Waals surface area contributed by atoms with Crippen molar-refractivity contribution in [1.29, 1.82) is 0 Å². The van der Waals surface area contributed by atoms with Crippen molar-refractivity contribution in [2.45, 2.75) is 31.3 Å². The molecule has 0 aromatic heterocycles. The highest BCUT2D eigenvalue weighted by molar-refractivity contribution is 5.84. The Morgan fingerprint density at radius 2 is 2.00 bits per heavy atom. The summed E-state index contributed by atoms with van der Waals surface area (Å²) in [5, 5.41) is 13.6. The van der Waals surface area contributed by atoms with Gasteiger partial charge in [-0.3, -0.25) is 4.79 Å². The van der Waals surface area contributed by atoms with Crippen molar-refractivity contribution in [1.82, 2.24) is 10.2 Å². The minimum absolute atomic E-state index is 0.182. The van der Waals surface area contributed by atoms with E-state index in [1.807, 2.05) is 4.90 Å². The summed E-state index contributed by atoms with van der Waals surface area (Å²) in [4.78, 5) is 14.6. The van der Waals surface area contributed by atoms with Gasteiger partial charge in [0, 0.05) is 7.11 Å². The zero-order chi connectivity index (χ0) is 13.5. The second kappa shape index (κ2) is 4.72. The summed E-state index contributed by atoms with van der Waals surface area (Å²) in [6, 6.07) is 0. The molecular weight excluding hydrogens is 244 g/mol. The number of hydrogen-bond donors (Lipinski definition) is 2. The number of ether oxygens (including phenoxy) is 1. The highest BCUT2D eigenvalue weighted by Gasteiger charge is 2.56. The number of likely N-dealkylation sites (tertiary alicyclic amines) is 1. The lowest BCUT2D eigenvalue weighted by Gasteiger charge is -2.51. The van der Waals surface area contributed by atoms with Crippen LogP contribution in [0.2, 0.25) is 0 Å². The van der Waals surface area contributed by atoms with Crippen molar-refractivity contribution in [2.75, 3.05) is 39.9 Å². The maximum absolute atomic E-state index is 12.7. The monoisotopic (exact) mass is 268 g/mol. The summed E-state index contributed by atoms with van der Waals surface area (Å²) in [5.74, 6) is 0.615. The first kappa shape index (κ1) is 13.3. The number of nitrogens with zero attached hydrogens (tertiary/aromatic N) is 1. The number of hydrogen-bond acceptors (Lipinski definition) is 4. The van der Waals surface area contributed by atoms with Gasteiger partial charge in [0.05, 0.1) is 25.1 Å². The average Bonchev–Trinajstić information content (AvgIpc) is 3.20. The van der Waals surface area contributed by atoms with E-state index in [0.29, 0.717) is 25.6 Å². The maximum Gasteiger partial charge on any atom is 0.231 e. The van der Waals surface area contributed by atoms with E-state index >= 15 is 0 Å². The molecule has 5 heteroatoms. The van der Waals surface area contributed by atoms with Gasteiger partial charge in [-0.15, -0.1) is 0 Å². The van der Waals surface area contributed by atoms with Crippen LogP contribution >= 0.6 is 0 Å². The van der Waals surface area contributed by atoms with Crippen molar-refractivity contribution in [3.05, 3.63) is 0 Å². The van der Waals surface area contributed by atoms with E-state index in [2.05, 4.69) is 5.32 Å². The molecule has 0 atom stereocenters. The van der Waals surface area contributed by atoms with E-state index in [9.17, 15) is 9.90 Å². The molecule has 0 spiro atoms. The van der Waals surface area contributed by atoms with Gasteiger partial charge in [-0.1, -0.05) is 0 Å². The molecule has 2 aliphatic heterocycles. The summed E-state index contributed by atoms with van der Waals surface area (Å²) in [6.45, 7) is 3.28. The lowest BCUT2D eigenvalue weighted by atomic mass is 9.76. The molecule has 1 aliphatic carbocycles. The number of methoxy groups -OCH3 is 1. The number of nitrogens with one attached hydrogen (secondary N) is 1. The molecule has 0 aromatic carbocycles. The predicted molar refractivity (Wildman–Crippen MR) is 70.7 cm³/mol. The summed E-state index contributed by atoms with van der Waals surface area (Å²) in [5.41, 5.74) is -0.957. The fourth-order valence-electron chi connectivity index (χ4n) is 3.57. The molecule has 5 nitrogen and oxygen atoms in total. The van der Waals surface area contributed by atoms with E-state index in [0.717, 1.165) is 38.8 Å². The minimum atomic E-state index is -0.586. The van der Waals surface area contributed by atoms with Crippen LogP contribution in [-0.4, -0.2) is 61.4 Å². The SMILES string of the molecule is COCC1(C(=O)N2CC(O)(C3CC3)C2)CCNCC1. The topological polar surface area (TPSA) is 61.8 Å². The Bertz CT molecular complexity index is 350. The van der Waals surface area contributed by atoms with Crippen LogP contribution in [0.5, 0.6) is 0 Å². The number of rotatable bonds is 4. The molecule has 3 fully saturated rings. The fraction of sp³-hybridized carbons (Fsp3) is 0.929. The zero-order valence-corrected chi connectivity index (χ0v) is 11.7. The summed E-state index contributed by atoms with van der Waals surface area (Å²) >= 11 is 0. The fourth-order valence-corrected chi connectivity index (χ4v) is 3.57. The summed E-state index contributed by atoms with van der Waals surface area (Å²) < 4.78 is 5.30. The van der Waals surface area contributed by atoms with Gasteiger partial charge >= 0.3 is 0 Å². The van der Waals surface area contributed by atoms with Crippen molar-refractivity contribution in [3.8, 4) is 0 Å². The molecule has 2 saturated heterocycles. The third kappa shape index (κ3) is 2.28. The van der Waals surface area contributed by atoms with Gasteiger partial charge in [-0.25, -0.2) is 0 Å². The maximum atomic E-state index is 12.7. The van der Waals surface area contributed by atoms with Gasteiger partial charge in [-0.05, 0) is 44.7 Å². The molecule has 1 saturated carbocycles. The van der Waals surface area contributed by atoms with Crippen LogP contribution in [-0.2, 0) is 9.53 Å². The van der Waals surface area contributed by atoms with E-state index in [1.165, 1.54) is 0 Å². The molecule has 2 N–H and O–H groups in total. The number of aliphatic hydroxyl groups is 1. The number of carbonyl (C=O) groups is 1. The highest BCUT2D eigenvalue weighted by Crippen LogP contribution is 2.46. The summed E-state index contributed by atoms with van der Waals surface area (Å²) in [7, 11) is 1.66. The number of piperidine rings is 1. The Hall–Kier alpha value is -0.650. The van der Waals surface area contributed by atoms with Crippen LogP contribution in [0.1, 0.15) is 25.7 Å². The van der Waals surface area contributed by atoms with Gasteiger partial charge < -0.3 is 20.1 Å². The molecular formula is C14H24N2O3. The van der Waals surface area contributed by atoms with Crippen molar-refractivity contribution in [2.24, 2.45) is 11.3 Å². The third-order valence-electron chi connectivity index (χ3n) is 4.99. The molecule has 3 aliphatic rings. The van der Waals surface area contributed by atoms with Crippen molar-refractivity contribution >= 4 is 5.91 Å². The Morgan fingerprint density at radius 1 is 1.37 bits per heavy atom. The standard InChI is InChI=1S/C14H24N2O3/c1-19-10-13(4-6-15-7-5-13)12(17)16-8-14(18,9-16)11-2-3-11/h11,15,18H,2-10H2,1H3. The van der Waals surface area contributed by atoms with Crippen LogP contribution < -0.4 is 5.32 Å². The van der Waals surface area contributed by atoms with E-state index < -0.39 is 5.60 Å². The summed E-state index contributed by atoms with van der Waals surface area (Å²) in [6.07, 6.45) is 3.90. The first-order valence-corrected chi connectivity index (χ1v) is 7.31. The number of β-amino-alcohol motifs (C(OH)–C–C–N with tert-alkyl or cyclic N) is 1. The molecule has 1 amide bonds. The van der Waals surface area contributed by atoms with Crippen LogP contribution in [0.25, 0.3) is 0 Å². The van der Waals surface area contributed by atoms with Crippen molar-refractivity contribution < 1.29 is 14.6 Å². The lowest BCUT2D eigenvalue weighted by molar-refractivity contribution is -0.174. The van der Waals surface area contributed by atoms with Crippen molar-refractivity contribution in [3.63, 3.8) is 0 Å². The van der Waals surface area contributed by atoms with E-state index in [-0.39, 0.29) is 11.3 Å². The van der Waals surface area contributed by atoms with Crippen LogP contribution in [0.4, 0.5) is 0 Å². The molecule has 0 radical (unpaired) electrons. The van der Waals surface area contributed by atoms with Crippen LogP contribution in [0, 0.1) is 11.3 Å². The molecule has 0 aromatic rings. The minimum Gasteiger partial charge on any atom is -0.386 e. The second-order valence-corrected chi connectivity index (χ2v) is 6.50. The largest absolute Gasteiger partial charge is 0.386 e. The molecule has 2 heterocycles. The Kier molecular flexibility index (Phi) is 3.31. The number of amides is 1. The lowest BCUT2D eigenvalue weighted by Crippen LogP contribution is -2.68. The Labute approximate surface area is 114 Å². The van der Waals surface area contributed by atoms with E-state index in [1.54, 1.807) is 7.11 Å².